The quantitative estimate of drug-likeness (QED) is 0.154. The van der Waals surface area contributed by atoms with E-state index in [1.807, 2.05) is 0 Å². The molecule has 0 fully saturated rings. The summed E-state index contributed by atoms with van der Waals surface area (Å²) in [6, 6.07) is 54.9. The molecule has 0 radical (unpaired) electrons. The standard InChI is InChI=1S/C31H27NP2Se2/c35-33(28-18-8-2-9-19-28,29-20-10-3-11-21-29)32(26-27-16-6-1-7-17-27)34(36,30-22-12-4-13-23-30)31-24-14-5-15-25-31/h1-25H,26H2. The molecule has 0 N–H and O–H groups in total. The molecule has 0 aliphatic rings. The summed E-state index contributed by atoms with van der Waals surface area (Å²) in [6.45, 7) is 0.815. The number of hydrogen-bond donors (Lipinski definition) is 0. The molecule has 0 heterocycles. The third kappa shape index (κ3) is 5.04. The molecule has 0 amide bonds. The van der Waals surface area contributed by atoms with Crippen LogP contribution in [0, 0.1) is 0 Å². The van der Waals surface area contributed by atoms with E-state index in [-0.39, 0.29) is 0 Å². The zero-order valence-electron chi connectivity index (χ0n) is 19.8. The van der Waals surface area contributed by atoms with Gasteiger partial charge in [-0.05, 0) is 0 Å². The first-order valence-electron chi connectivity index (χ1n) is 11.9. The molecule has 0 aliphatic carbocycles. The third-order valence-electron chi connectivity index (χ3n) is 6.24. The predicted octanol–water partition coefficient (Wildman–Crippen LogP) is 5.82. The van der Waals surface area contributed by atoms with Crippen LogP contribution in [0.25, 0.3) is 0 Å². The van der Waals surface area contributed by atoms with Crippen LogP contribution < -0.4 is 21.2 Å². The number of benzene rings is 5. The van der Waals surface area contributed by atoms with E-state index in [2.05, 4.69) is 186 Å². The van der Waals surface area contributed by atoms with Crippen molar-refractivity contribution in [1.82, 2.24) is 4.44 Å². The zero-order chi connectivity index (χ0) is 24.8. The SMILES string of the molecule is [Se]=P(c1ccccc1)(c1ccccc1)N(Cc1ccccc1)P(=[Se])(c1ccccc1)c1ccccc1. The van der Waals surface area contributed by atoms with E-state index in [1.54, 1.807) is 0 Å². The molecule has 0 aliphatic heterocycles. The maximum atomic E-state index is 3.83. The van der Waals surface area contributed by atoms with Crippen molar-refractivity contribution in [1.29, 1.82) is 0 Å². The monoisotopic (exact) mass is 635 g/mol. The Morgan fingerprint density at radius 3 is 0.917 bits per heavy atom. The second kappa shape index (κ2) is 11.6. The Bertz CT molecular complexity index is 1310. The van der Waals surface area contributed by atoms with Crippen molar-refractivity contribution in [3.8, 4) is 0 Å². The summed E-state index contributed by atoms with van der Waals surface area (Å²) in [4.78, 5) is 0. The zero-order valence-corrected chi connectivity index (χ0v) is 25.0. The van der Waals surface area contributed by atoms with E-state index in [0.29, 0.717) is 0 Å². The molecule has 0 spiro atoms. The van der Waals surface area contributed by atoms with Crippen molar-refractivity contribution in [3.05, 3.63) is 157 Å². The average molecular weight is 633 g/mol. The summed E-state index contributed by atoms with van der Waals surface area (Å²) in [5, 5.41) is 5.33. The first-order chi connectivity index (χ1) is 17.6. The summed E-state index contributed by atoms with van der Waals surface area (Å²) in [6.07, 6.45) is 0. The number of rotatable bonds is 8. The molecule has 1 nitrogen and oxygen atoms in total. The average Bonchev–Trinajstić information content (AvgIpc) is 2.97. The third-order valence-corrected chi connectivity index (χ3v) is 22.8. The molecule has 0 unspecified atom stereocenters. The fourth-order valence-electron chi connectivity index (χ4n) is 4.47. The van der Waals surface area contributed by atoms with Gasteiger partial charge >= 0.3 is 231 Å². The molecule has 0 bridgehead atoms. The first-order valence-corrected chi connectivity index (χ1v) is 19.8. The van der Waals surface area contributed by atoms with Crippen molar-refractivity contribution < 1.29 is 0 Å². The molecular formula is C31H27NP2Se2. The van der Waals surface area contributed by atoms with Gasteiger partial charge in [0.1, 0.15) is 0 Å². The minimum atomic E-state index is -2.18. The van der Waals surface area contributed by atoms with Crippen LogP contribution in [0.5, 0.6) is 0 Å². The Morgan fingerprint density at radius 1 is 0.389 bits per heavy atom. The van der Waals surface area contributed by atoms with Gasteiger partial charge in [-0.15, -0.1) is 0 Å². The van der Waals surface area contributed by atoms with Crippen molar-refractivity contribution in [2.24, 2.45) is 0 Å². The van der Waals surface area contributed by atoms with E-state index in [9.17, 15) is 0 Å². The van der Waals surface area contributed by atoms with Gasteiger partial charge in [0.25, 0.3) is 0 Å². The Balaban J connectivity index is 1.86. The molecule has 178 valence electrons. The van der Waals surface area contributed by atoms with Crippen LogP contribution in [0.3, 0.4) is 0 Å². The molecule has 0 atom stereocenters. The van der Waals surface area contributed by atoms with Gasteiger partial charge in [0.2, 0.25) is 0 Å². The molecule has 0 aromatic heterocycles. The summed E-state index contributed by atoms with van der Waals surface area (Å²) in [7, 11) is 0. The fourth-order valence-corrected chi connectivity index (χ4v) is 21.9. The van der Waals surface area contributed by atoms with Crippen molar-refractivity contribution in [3.63, 3.8) is 0 Å². The van der Waals surface area contributed by atoms with Gasteiger partial charge in [-0.2, -0.15) is 0 Å². The van der Waals surface area contributed by atoms with Crippen LogP contribution in [0.1, 0.15) is 5.56 Å². The minimum absolute atomic E-state index is 0.815. The predicted molar refractivity (Wildman–Crippen MR) is 162 cm³/mol. The Labute approximate surface area is 229 Å². The van der Waals surface area contributed by atoms with Gasteiger partial charge in [-0.1, -0.05) is 0 Å². The van der Waals surface area contributed by atoms with Crippen LogP contribution in [0.2, 0.25) is 0 Å². The van der Waals surface area contributed by atoms with Gasteiger partial charge in [0.15, 0.2) is 0 Å². The van der Waals surface area contributed by atoms with Crippen LogP contribution in [-0.2, 0) is 6.54 Å². The Morgan fingerprint density at radius 2 is 0.639 bits per heavy atom. The molecule has 5 aromatic rings. The molecule has 36 heavy (non-hydrogen) atoms. The maximum absolute atomic E-state index is 3.83. The van der Waals surface area contributed by atoms with E-state index < -0.39 is 11.3 Å². The fraction of sp³-hybridized carbons (Fsp3) is 0.0323. The van der Waals surface area contributed by atoms with Gasteiger partial charge < -0.3 is 0 Å². The van der Waals surface area contributed by atoms with E-state index >= 15 is 0 Å². The van der Waals surface area contributed by atoms with Crippen LogP contribution in [-0.4, -0.2) is 34.6 Å². The van der Waals surface area contributed by atoms with Gasteiger partial charge in [0, 0.05) is 0 Å². The summed E-state index contributed by atoms with van der Waals surface area (Å²) in [5.74, 6) is 0. The summed E-state index contributed by atoms with van der Waals surface area (Å²) in [5.41, 5.74) is -3.05. The molecule has 5 heteroatoms. The van der Waals surface area contributed by atoms with Crippen molar-refractivity contribution in [2.75, 3.05) is 0 Å². The Kier molecular flexibility index (Phi) is 8.22. The molecule has 5 rings (SSSR count). The van der Waals surface area contributed by atoms with E-state index in [4.69, 9.17) is 0 Å². The van der Waals surface area contributed by atoms with Crippen LogP contribution in [0.15, 0.2) is 152 Å². The second-order valence-electron chi connectivity index (χ2n) is 8.51. The normalized spacial score (nSPS) is 11.9. The molecule has 0 saturated heterocycles. The van der Waals surface area contributed by atoms with E-state index in [1.165, 1.54) is 26.8 Å². The Hall–Kier alpha value is -2.04. The summed E-state index contributed by atoms with van der Waals surface area (Å²) < 4.78 is 2.80. The molecule has 0 saturated carbocycles. The van der Waals surface area contributed by atoms with Crippen molar-refractivity contribution in [2.45, 2.75) is 6.54 Å². The van der Waals surface area contributed by atoms with Gasteiger partial charge in [-0.3, -0.25) is 0 Å². The summed E-state index contributed by atoms with van der Waals surface area (Å²) >= 11 is 7.67. The van der Waals surface area contributed by atoms with Crippen molar-refractivity contribution >= 4 is 62.7 Å². The molecule has 5 aromatic carbocycles. The van der Waals surface area contributed by atoms with Gasteiger partial charge in [0.05, 0.1) is 0 Å². The topological polar surface area (TPSA) is 3.24 Å². The van der Waals surface area contributed by atoms with Crippen LogP contribution in [0.4, 0.5) is 0 Å². The number of nitrogens with zero attached hydrogens (tertiary/aromatic N) is 1. The van der Waals surface area contributed by atoms with Crippen LogP contribution >= 0.6 is 11.3 Å². The number of hydrogen-bond acceptors (Lipinski definition) is 1. The molecular weight excluding hydrogens is 606 g/mol. The van der Waals surface area contributed by atoms with E-state index in [0.717, 1.165) is 6.54 Å². The first kappa shape index (κ1) is 25.6. The second-order valence-corrected chi connectivity index (χ2v) is 20.8. The van der Waals surface area contributed by atoms with Gasteiger partial charge in [-0.25, -0.2) is 0 Å².